The minimum Gasteiger partial charge on any atom is -0.301 e. The first-order chi connectivity index (χ1) is 14.1. The number of carbonyl (C=O) groups is 1. The number of amides is 1. The van der Waals surface area contributed by atoms with Gasteiger partial charge in [-0.15, -0.1) is 16.4 Å². The molecule has 146 valence electrons. The van der Waals surface area contributed by atoms with Crippen LogP contribution < -0.4 is 5.32 Å². The standard InChI is InChI=1S/C19H13FN4OS4/c20-13-8-6-12(7-9-13)15-10-27-17(21-15)22-16(25)11-28-18-23-24(19(26)29-18)14-4-2-1-3-5-14/h1-10H,11H2,(H,21,22,25). The van der Waals surface area contributed by atoms with Crippen LogP contribution in [0, 0.1) is 9.77 Å². The summed E-state index contributed by atoms with van der Waals surface area (Å²) in [6.45, 7) is 0. The molecule has 0 aliphatic carbocycles. The van der Waals surface area contributed by atoms with Crippen LogP contribution in [0.5, 0.6) is 0 Å². The Labute approximate surface area is 183 Å². The lowest BCUT2D eigenvalue weighted by Gasteiger charge is -2.00. The second-order valence-electron chi connectivity index (χ2n) is 5.76. The lowest BCUT2D eigenvalue weighted by Crippen LogP contribution is -2.13. The van der Waals surface area contributed by atoms with Gasteiger partial charge in [0, 0.05) is 10.9 Å². The van der Waals surface area contributed by atoms with Crippen molar-refractivity contribution in [2.75, 3.05) is 11.1 Å². The van der Waals surface area contributed by atoms with Crippen LogP contribution in [-0.4, -0.2) is 26.4 Å². The molecule has 0 aliphatic rings. The summed E-state index contributed by atoms with van der Waals surface area (Å²) in [5.74, 6) is -0.280. The second-order valence-corrected chi connectivity index (χ2v) is 9.47. The molecule has 4 rings (SSSR count). The molecule has 1 amide bonds. The molecule has 2 aromatic carbocycles. The predicted octanol–water partition coefficient (Wildman–Crippen LogP) is 5.66. The molecule has 0 fully saturated rings. The third-order valence-electron chi connectivity index (χ3n) is 3.75. The number of thioether (sulfide) groups is 1. The molecule has 0 saturated carbocycles. The molecule has 0 atom stereocenters. The van der Waals surface area contributed by atoms with Crippen molar-refractivity contribution in [2.45, 2.75) is 4.34 Å². The number of aromatic nitrogens is 3. The number of hydrogen-bond donors (Lipinski definition) is 1. The monoisotopic (exact) mass is 460 g/mol. The lowest BCUT2D eigenvalue weighted by molar-refractivity contribution is -0.113. The Balaban J connectivity index is 1.36. The molecular weight excluding hydrogens is 448 g/mol. The Hall–Kier alpha value is -2.40. The van der Waals surface area contributed by atoms with Gasteiger partial charge in [-0.3, -0.25) is 4.79 Å². The van der Waals surface area contributed by atoms with Crippen LogP contribution in [0.3, 0.4) is 0 Å². The van der Waals surface area contributed by atoms with Crippen molar-refractivity contribution >= 4 is 57.7 Å². The smallest absolute Gasteiger partial charge is 0.236 e. The van der Waals surface area contributed by atoms with Gasteiger partial charge in [-0.25, -0.2) is 14.1 Å². The first-order valence-corrected chi connectivity index (χ1v) is 11.5. The van der Waals surface area contributed by atoms with E-state index in [0.29, 0.717) is 14.8 Å². The zero-order valence-corrected chi connectivity index (χ0v) is 18.0. The minimum atomic E-state index is -0.299. The second kappa shape index (κ2) is 8.95. The maximum Gasteiger partial charge on any atom is 0.236 e. The van der Waals surface area contributed by atoms with Crippen molar-refractivity contribution in [3.05, 3.63) is 69.7 Å². The third kappa shape index (κ3) is 4.96. The van der Waals surface area contributed by atoms with Crippen LogP contribution in [0.25, 0.3) is 16.9 Å². The van der Waals surface area contributed by atoms with Crippen LogP contribution in [0.4, 0.5) is 9.52 Å². The van der Waals surface area contributed by atoms with Crippen molar-refractivity contribution < 1.29 is 9.18 Å². The zero-order valence-electron chi connectivity index (χ0n) is 14.7. The fourth-order valence-corrected chi connectivity index (χ4v) is 5.32. The van der Waals surface area contributed by atoms with E-state index in [1.807, 2.05) is 35.7 Å². The van der Waals surface area contributed by atoms with E-state index in [9.17, 15) is 9.18 Å². The minimum absolute atomic E-state index is 0.178. The summed E-state index contributed by atoms with van der Waals surface area (Å²) in [6.07, 6.45) is 0. The predicted molar refractivity (Wildman–Crippen MR) is 119 cm³/mol. The Morgan fingerprint density at radius 2 is 1.93 bits per heavy atom. The summed E-state index contributed by atoms with van der Waals surface area (Å²) >= 11 is 9.38. The first kappa shape index (κ1) is 19.9. The van der Waals surface area contributed by atoms with Crippen molar-refractivity contribution in [3.63, 3.8) is 0 Å². The Kier molecular flexibility index (Phi) is 6.14. The highest BCUT2D eigenvalue weighted by molar-refractivity contribution is 8.01. The number of rotatable bonds is 6. The molecule has 0 saturated heterocycles. The normalized spacial score (nSPS) is 10.8. The first-order valence-electron chi connectivity index (χ1n) is 8.38. The van der Waals surface area contributed by atoms with Crippen molar-refractivity contribution in [1.82, 2.24) is 14.8 Å². The molecule has 0 spiro atoms. The average molecular weight is 461 g/mol. The van der Waals surface area contributed by atoms with Gasteiger partial charge in [-0.1, -0.05) is 41.3 Å². The van der Waals surface area contributed by atoms with Crippen LogP contribution in [0.2, 0.25) is 0 Å². The molecule has 0 bridgehead atoms. The Bertz CT molecular complexity index is 1180. The SMILES string of the molecule is O=C(CSc1nn(-c2ccccc2)c(=S)s1)Nc1nc(-c2ccc(F)cc2)cs1. The van der Waals surface area contributed by atoms with E-state index in [0.717, 1.165) is 15.6 Å². The Morgan fingerprint density at radius 1 is 1.17 bits per heavy atom. The highest BCUT2D eigenvalue weighted by Gasteiger charge is 2.11. The molecule has 29 heavy (non-hydrogen) atoms. The van der Waals surface area contributed by atoms with Gasteiger partial charge in [0.05, 0.1) is 17.1 Å². The zero-order chi connectivity index (χ0) is 20.2. The van der Waals surface area contributed by atoms with Crippen LogP contribution in [0.1, 0.15) is 0 Å². The average Bonchev–Trinajstić information content (AvgIpc) is 3.34. The van der Waals surface area contributed by atoms with E-state index in [1.54, 1.807) is 16.8 Å². The van der Waals surface area contributed by atoms with Gasteiger partial charge in [0.2, 0.25) is 5.91 Å². The van der Waals surface area contributed by atoms with Gasteiger partial charge >= 0.3 is 0 Å². The van der Waals surface area contributed by atoms with Gasteiger partial charge in [-0.2, -0.15) is 0 Å². The van der Waals surface area contributed by atoms with Crippen LogP contribution >= 0.6 is 46.7 Å². The van der Waals surface area contributed by atoms with Crippen LogP contribution in [0.15, 0.2) is 64.3 Å². The van der Waals surface area contributed by atoms with E-state index in [2.05, 4.69) is 15.4 Å². The van der Waals surface area contributed by atoms with E-state index >= 15 is 0 Å². The number of carbonyl (C=O) groups excluding carboxylic acids is 1. The topological polar surface area (TPSA) is 59.8 Å². The number of thiazole rings is 1. The van der Waals surface area contributed by atoms with Gasteiger partial charge < -0.3 is 5.32 Å². The molecule has 4 aromatic rings. The summed E-state index contributed by atoms with van der Waals surface area (Å²) in [5.41, 5.74) is 2.38. The van der Waals surface area contributed by atoms with Gasteiger partial charge in [0.1, 0.15) is 5.82 Å². The highest BCUT2D eigenvalue weighted by atomic mass is 32.2. The largest absolute Gasteiger partial charge is 0.301 e. The number of benzene rings is 2. The van der Waals surface area contributed by atoms with Gasteiger partial charge in [0.25, 0.3) is 0 Å². The summed E-state index contributed by atoms with van der Waals surface area (Å²) < 4.78 is 16.1. The number of nitrogens with one attached hydrogen (secondary N) is 1. The molecular formula is C19H13FN4OS4. The number of anilines is 1. The molecule has 0 radical (unpaired) electrons. The summed E-state index contributed by atoms with van der Waals surface area (Å²) in [6, 6.07) is 15.7. The van der Waals surface area contributed by atoms with E-state index in [4.69, 9.17) is 12.2 Å². The molecule has 0 aliphatic heterocycles. The van der Waals surface area contributed by atoms with Gasteiger partial charge in [0.15, 0.2) is 13.4 Å². The van der Waals surface area contributed by atoms with Crippen molar-refractivity contribution in [2.24, 2.45) is 0 Å². The highest BCUT2D eigenvalue weighted by Crippen LogP contribution is 2.27. The molecule has 1 N–H and O–H groups in total. The van der Waals surface area contributed by atoms with E-state index in [1.165, 1.54) is 46.6 Å². The number of para-hydroxylation sites is 1. The summed E-state index contributed by atoms with van der Waals surface area (Å²) in [4.78, 5) is 16.7. The quantitative estimate of drug-likeness (QED) is 0.297. The summed E-state index contributed by atoms with van der Waals surface area (Å²) in [7, 11) is 0. The van der Waals surface area contributed by atoms with E-state index in [-0.39, 0.29) is 17.5 Å². The molecule has 2 aromatic heterocycles. The molecule has 5 nitrogen and oxygen atoms in total. The van der Waals surface area contributed by atoms with Gasteiger partial charge in [-0.05, 0) is 48.6 Å². The molecule has 2 heterocycles. The van der Waals surface area contributed by atoms with Crippen molar-refractivity contribution in [1.29, 1.82) is 0 Å². The van der Waals surface area contributed by atoms with E-state index < -0.39 is 0 Å². The molecule has 0 unspecified atom stereocenters. The van der Waals surface area contributed by atoms with Crippen molar-refractivity contribution in [3.8, 4) is 16.9 Å². The number of hydrogen-bond acceptors (Lipinski definition) is 7. The maximum absolute atomic E-state index is 13.0. The maximum atomic E-state index is 13.0. The lowest BCUT2D eigenvalue weighted by atomic mass is 10.2. The number of halogens is 1. The van der Waals surface area contributed by atoms with Crippen LogP contribution in [-0.2, 0) is 4.79 Å². The third-order valence-corrected chi connectivity index (χ3v) is 6.87. The summed E-state index contributed by atoms with van der Waals surface area (Å²) in [5, 5.41) is 9.58. The fourth-order valence-electron chi connectivity index (χ4n) is 2.42. The molecule has 10 heteroatoms. The number of nitrogens with zero attached hydrogens (tertiary/aromatic N) is 3. The fraction of sp³-hybridized carbons (Fsp3) is 0.0526. The Morgan fingerprint density at radius 3 is 2.69 bits per heavy atom.